The van der Waals surface area contributed by atoms with Crippen LogP contribution in [0.3, 0.4) is 0 Å². The van der Waals surface area contributed by atoms with Crippen LogP contribution in [0.2, 0.25) is 0 Å². The van der Waals surface area contributed by atoms with Crippen LogP contribution in [-0.4, -0.2) is 37.4 Å². The van der Waals surface area contributed by atoms with Crippen molar-refractivity contribution in [3.8, 4) is 0 Å². The summed E-state index contributed by atoms with van der Waals surface area (Å²) in [5.74, 6) is -1.48. The molecule has 0 aliphatic carbocycles. The molecular weight excluding hydrogens is 536 g/mol. The van der Waals surface area contributed by atoms with E-state index in [4.69, 9.17) is 14.2 Å². The zero-order valence-corrected chi connectivity index (χ0v) is 28.6. The quantitative estimate of drug-likeness (QED) is 0.0601. The molecule has 0 radical (unpaired) electrons. The number of carbonyl (C=O) groups excluding carboxylic acids is 2. The van der Waals surface area contributed by atoms with Crippen LogP contribution in [0.15, 0.2) is 0 Å². The highest BCUT2D eigenvalue weighted by Gasteiger charge is 2.56. The maximum atomic E-state index is 13.0. The lowest BCUT2D eigenvalue weighted by Crippen LogP contribution is -2.40. The predicted octanol–water partition coefficient (Wildman–Crippen LogP) is 11.0. The molecule has 0 aromatic carbocycles. The van der Waals surface area contributed by atoms with Crippen molar-refractivity contribution in [2.75, 3.05) is 13.2 Å². The van der Waals surface area contributed by atoms with E-state index >= 15 is 0 Å². The third-order valence-electron chi connectivity index (χ3n) is 9.80. The molecule has 4 atom stereocenters. The first-order valence-corrected chi connectivity index (χ1v) is 19.2. The fourth-order valence-corrected chi connectivity index (χ4v) is 7.05. The molecule has 0 aromatic rings. The number of esters is 2. The van der Waals surface area contributed by atoms with Crippen molar-refractivity contribution in [2.24, 2.45) is 11.8 Å². The Morgan fingerprint density at radius 1 is 0.442 bits per heavy atom. The van der Waals surface area contributed by atoms with Crippen molar-refractivity contribution < 1.29 is 23.8 Å². The summed E-state index contributed by atoms with van der Waals surface area (Å²) in [6.07, 6.45) is 35.0. The molecule has 4 unspecified atom stereocenters. The molecule has 2 aliphatic rings. The van der Waals surface area contributed by atoms with E-state index in [-0.39, 0.29) is 24.1 Å². The molecule has 252 valence electrons. The van der Waals surface area contributed by atoms with Gasteiger partial charge in [0.15, 0.2) is 0 Å². The smallest absolute Gasteiger partial charge is 0.312 e. The molecular formula is C38H70O5. The molecule has 2 rings (SSSR count). The number of ether oxygens (including phenoxy) is 3. The summed E-state index contributed by atoms with van der Waals surface area (Å²) in [5, 5.41) is 0. The zero-order chi connectivity index (χ0) is 30.8. The van der Waals surface area contributed by atoms with Crippen LogP contribution in [0, 0.1) is 11.8 Å². The van der Waals surface area contributed by atoms with Crippen molar-refractivity contribution in [2.45, 2.75) is 206 Å². The molecule has 0 N–H and O–H groups in total. The Balaban J connectivity index is 1.45. The van der Waals surface area contributed by atoms with E-state index in [1.54, 1.807) is 0 Å². The van der Waals surface area contributed by atoms with Gasteiger partial charge in [0.25, 0.3) is 0 Å². The molecule has 0 saturated carbocycles. The van der Waals surface area contributed by atoms with Gasteiger partial charge in [0.2, 0.25) is 0 Å². The lowest BCUT2D eigenvalue weighted by atomic mass is 9.79. The Bertz CT molecular complexity index is 623. The lowest BCUT2D eigenvalue weighted by Gasteiger charge is -2.25. The fourth-order valence-electron chi connectivity index (χ4n) is 7.05. The highest BCUT2D eigenvalue weighted by molar-refractivity contribution is 5.84. The van der Waals surface area contributed by atoms with Gasteiger partial charge < -0.3 is 14.2 Å². The van der Waals surface area contributed by atoms with Gasteiger partial charge in [0.05, 0.1) is 37.3 Å². The molecule has 5 nitrogen and oxygen atoms in total. The van der Waals surface area contributed by atoms with Gasteiger partial charge in [-0.3, -0.25) is 9.59 Å². The molecule has 5 heteroatoms. The summed E-state index contributed by atoms with van der Waals surface area (Å²) in [6.45, 7) is 5.44. The fraction of sp³-hybridized carbons (Fsp3) is 0.947. The van der Waals surface area contributed by atoms with E-state index in [1.807, 2.05) is 0 Å². The first-order valence-electron chi connectivity index (χ1n) is 19.2. The van der Waals surface area contributed by atoms with Crippen molar-refractivity contribution in [3.63, 3.8) is 0 Å². The van der Waals surface area contributed by atoms with Crippen LogP contribution in [0.4, 0.5) is 0 Å². The summed E-state index contributed by atoms with van der Waals surface area (Å²) in [7, 11) is 0. The molecule has 0 aromatic heterocycles. The van der Waals surface area contributed by atoms with Gasteiger partial charge >= 0.3 is 11.9 Å². The normalized spacial score (nSPS) is 21.0. The third kappa shape index (κ3) is 17.2. The second-order valence-electron chi connectivity index (χ2n) is 13.7. The standard InChI is InChI=1S/C38H70O5/c1-3-5-7-9-11-13-15-17-19-21-23-25-27-31-41-37(39)35-33-29-30-34(43-33)36(35)38(40)42-32-28-26-24-22-20-18-16-14-12-10-8-6-4-2/h33-36H,3-32H2,1-2H3. The average Bonchev–Trinajstić information content (AvgIpc) is 3.64. The van der Waals surface area contributed by atoms with E-state index in [9.17, 15) is 9.59 Å². The average molecular weight is 607 g/mol. The largest absolute Gasteiger partial charge is 0.465 e. The number of rotatable bonds is 30. The first kappa shape index (κ1) is 38.1. The zero-order valence-electron chi connectivity index (χ0n) is 28.6. The number of hydrogen-bond donors (Lipinski definition) is 0. The van der Waals surface area contributed by atoms with Crippen molar-refractivity contribution in [3.05, 3.63) is 0 Å². The third-order valence-corrected chi connectivity index (χ3v) is 9.80. The molecule has 43 heavy (non-hydrogen) atoms. The maximum Gasteiger partial charge on any atom is 0.312 e. The topological polar surface area (TPSA) is 61.8 Å². The summed E-state index contributed by atoms with van der Waals surface area (Å²) in [6, 6.07) is 0. The van der Waals surface area contributed by atoms with Gasteiger partial charge in [0.1, 0.15) is 0 Å². The van der Waals surface area contributed by atoms with E-state index in [2.05, 4.69) is 13.8 Å². The predicted molar refractivity (Wildman–Crippen MR) is 178 cm³/mol. The Morgan fingerprint density at radius 2 is 0.698 bits per heavy atom. The van der Waals surface area contributed by atoms with Gasteiger partial charge in [-0.15, -0.1) is 0 Å². The minimum atomic E-state index is -0.486. The van der Waals surface area contributed by atoms with Crippen molar-refractivity contribution in [1.29, 1.82) is 0 Å². The Labute approximate surface area is 266 Å². The number of carbonyl (C=O) groups is 2. The maximum absolute atomic E-state index is 13.0. The van der Waals surface area contributed by atoms with Crippen molar-refractivity contribution in [1.82, 2.24) is 0 Å². The highest BCUT2D eigenvalue weighted by Crippen LogP contribution is 2.44. The Morgan fingerprint density at radius 3 is 0.977 bits per heavy atom. The second-order valence-corrected chi connectivity index (χ2v) is 13.7. The minimum Gasteiger partial charge on any atom is -0.465 e. The van der Waals surface area contributed by atoms with Crippen LogP contribution in [0.1, 0.15) is 194 Å². The molecule has 2 aliphatic heterocycles. The van der Waals surface area contributed by atoms with Gasteiger partial charge in [-0.05, 0) is 25.7 Å². The number of unbranched alkanes of at least 4 members (excludes halogenated alkanes) is 24. The molecule has 0 amide bonds. The summed E-state index contributed by atoms with van der Waals surface area (Å²) in [5.41, 5.74) is 0. The van der Waals surface area contributed by atoms with Crippen LogP contribution < -0.4 is 0 Å². The van der Waals surface area contributed by atoms with Crippen LogP contribution in [0.5, 0.6) is 0 Å². The van der Waals surface area contributed by atoms with Crippen molar-refractivity contribution >= 4 is 11.9 Å². The minimum absolute atomic E-state index is 0.182. The van der Waals surface area contributed by atoms with Gasteiger partial charge in [-0.1, -0.05) is 168 Å². The van der Waals surface area contributed by atoms with Crippen LogP contribution in [-0.2, 0) is 23.8 Å². The lowest BCUT2D eigenvalue weighted by molar-refractivity contribution is -0.161. The number of fused-ring (bicyclic) bond motifs is 2. The second kappa shape index (κ2) is 26.1. The monoisotopic (exact) mass is 607 g/mol. The SMILES string of the molecule is CCCCCCCCCCCCCCCOC(=O)C1C2CCC(O2)C1C(=O)OCCCCCCCCCCCCCCC. The highest BCUT2D eigenvalue weighted by atomic mass is 16.6. The molecule has 0 spiro atoms. The first-order chi connectivity index (χ1) is 21.2. The molecule has 2 fully saturated rings. The van der Waals surface area contributed by atoms with Gasteiger partial charge in [0, 0.05) is 0 Å². The summed E-state index contributed by atoms with van der Waals surface area (Å²) < 4.78 is 17.3. The van der Waals surface area contributed by atoms with E-state index in [0.29, 0.717) is 13.2 Å². The molecule has 2 bridgehead atoms. The van der Waals surface area contributed by atoms with Crippen LogP contribution >= 0.6 is 0 Å². The molecule has 2 saturated heterocycles. The Hall–Kier alpha value is -1.10. The van der Waals surface area contributed by atoms with E-state index in [0.717, 1.165) is 38.5 Å². The Kier molecular flexibility index (Phi) is 23.2. The summed E-state index contributed by atoms with van der Waals surface area (Å²) in [4.78, 5) is 25.9. The number of hydrogen-bond acceptors (Lipinski definition) is 5. The summed E-state index contributed by atoms with van der Waals surface area (Å²) >= 11 is 0. The van der Waals surface area contributed by atoms with Crippen LogP contribution in [0.25, 0.3) is 0 Å². The van der Waals surface area contributed by atoms with Gasteiger partial charge in [-0.2, -0.15) is 0 Å². The molecule has 2 heterocycles. The van der Waals surface area contributed by atoms with E-state index in [1.165, 1.54) is 141 Å². The van der Waals surface area contributed by atoms with Gasteiger partial charge in [-0.25, -0.2) is 0 Å². The van der Waals surface area contributed by atoms with E-state index < -0.39 is 11.8 Å².